The van der Waals surface area contributed by atoms with Crippen LogP contribution < -0.4 is 0 Å². The van der Waals surface area contributed by atoms with Crippen LogP contribution in [-0.2, 0) is 32.2 Å². The normalized spacial score (nSPS) is 9.33. The van der Waals surface area contributed by atoms with E-state index in [0.29, 0.717) is 0 Å². The number of halogens is 1. The van der Waals surface area contributed by atoms with Crippen LogP contribution in [0.3, 0.4) is 0 Å². The van der Waals surface area contributed by atoms with Gasteiger partial charge in [0.25, 0.3) is 5.97 Å². The summed E-state index contributed by atoms with van der Waals surface area (Å²) in [5, 5.41) is 7.42. The summed E-state index contributed by atoms with van der Waals surface area (Å²) in [6.07, 6.45) is 0. The summed E-state index contributed by atoms with van der Waals surface area (Å²) >= 11 is 1.70. The van der Waals surface area contributed by atoms with E-state index in [9.17, 15) is 3.89 Å². The molecule has 0 aliphatic rings. The fourth-order valence-electron chi connectivity index (χ4n) is 0. The zero-order valence-corrected chi connectivity index (χ0v) is 6.56. The van der Waals surface area contributed by atoms with E-state index in [-0.39, 0.29) is 0 Å². The minimum absolute atomic E-state index is 0.833. The van der Waals surface area contributed by atoms with Gasteiger partial charge in [0.2, 0.25) is 0 Å². The molecule has 0 bridgehead atoms. The number of hydrogen-bond donors (Lipinski definition) is 1. The molecule has 0 spiro atoms. The van der Waals surface area contributed by atoms with Crippen LogP contribution in [0.2, 0.25) is 0 Å². The summed E-state index contributed by atoms with van der Waals surface area (Å²) in [5.41, 5.74) is 0. The van der Waals surface area contributed by atoms with Gasteiger partial charge in [-0.2, -0.15) is 0 Å². The number of aliphatic carboxylic acids is 1. The summed E-state index contributed by atoms with van der Waals surface area (Å²) in [7, 11) is -4.36. The van der Waals surface area contributed by atoms with Crippen molar-refractivity contribution in [1.82, 2.24) is 0 Å². The van der Waals surface area contributed by atoms with Crippen LogP contribution in [0.15, 0.2) is 0 Å². The van der Waals surface area contributed by atoms with Crippen molar-refractivity contribution in [3.63, 3.8) is 0 Å². The summed E-state index contributed by atoms with van der Waals surface area (Å²) < 4.78 is 28.3. The van der Waals surface area contributed by atoms with Gasteiger partial charge < -0.3 is 5.11 Å². The van der Waals surface area contributed by atoms with E-state index in [1.807, 2.05) is 0 Å². The predicted molar refractivity (Wildman–Crippen MR) is 23.3 cm³/mol. The van der Waals surface area contributed by atoms with Crippen LogP contribution in [0.5, 0.6) is 0 Å². The van der Waals surface area contributed by atoms with Crippen molar-refractivity contribution < 1.29 is 41.9 Å². The minimum atomic E-state index is -4.36. The zero-order valence-electron chi connectivity index (χ0n) is 4.26. The quantitative estimate of drug-likeness (QED) is 0.479. The van der Waals surface area contributed by atoms with E-state index in [1.165, 1.54) is 0 Å². The monoisotopic (exact) mass is 250 g/mol. The molecule has 1 N–H and O–H groups in total. The molecular weight excluding hydrogens is 247 g/mol. The Balaban J connectivity index is 0. The van der Waals surface area contributed by atoms with Crippen molar-refractivity contribution in [1.29, 1.82) is 0 Å². The van der Waals surface area contributed by atoms with Crippen LogP contribution in [0.1, 0.15) is 6.92 Å². The third kappa shape index (κ3) is 36800. The van der Waals surface area contributed by atoms with Crippen molar-refractivity contribution in [3.05, 3.63) is 0 Å². The van der Waals surface area contributed by atoms with Crippen LogP contribution in [0.4, 0.5) is 3.89 Å². The summed E-state index contributed by atoms with van der Waals surface area (Å²) in [4.78, 5) is 9.00. The van der Waals surface area contributed by atoms with Crippen molar-refractivity contribution >= 4 is 13.7 Å². The van der Waals surface area contributed by atoms with E-state index >= 15 is 0 Å². The average Bonchev–Trinajstić information content (AvgIpc) is 1.19. The van der Waals surface area contributed by atoms with E-state index in [0.717, 1.165) is 6.92 Å². The van der Waals surface area contributed by atoms with E-state index in [4.69, 9.17) is 18.3 Å². The fourth-order valence-corrected chi connectivity index (χ4v) is 0. The van der Waals surface area contributed by atoms with Crippen LogP contribution in [0.25, 0.3) is 0 Å². The van der Waals surface area contributed by atoms with Gasteiger partial charge in [0, 0.05) is 6.92 Å². The van der Waals surface area contributed by atoms with Crippen LogP contribution in [0, 0.1) is 0 Å². The molecule has 0 heterocycles. The van der Waals surface area contributed by atoms with Crippen molar-refractivity contribution in [3.8, 4) is 0 Å². The van der Waals surface area contributed by atoms with Crippen molar-refractivity contribution in [2.24, 2.45) is 0 Å². The number of hydrogen-bond acceptors (Lipinski definition) is 3. The standard InChI is InChI=1S/C2H4O2.Ag.FO2S/c1-2(3)4;;1-4(2)3/h1H3,(H,3,4);;. The zero-order chi connectivity index (χ0) is 8.08. The van der Waals surface area contributed by atoms with Crippen molar-refractivity contribution in [2.75, 3.05) is 0 Å². The van der Waals surface area contributed by atoms with Crippen LogP contribution >= 0.6 is 0 Å². The Labute approximate surface area is 62.8 Å². The molecule has 0 aromatic rings. The third-order valence-corrected chi connectivity index (χ3v) is 0. The molecule has 0 unspecified atom stereocenters. The molecule has 0 aliphatic carbocycles. The Kier molecular flexibility index (Phi) is 6.47. The second-order valence-corrected chi connectivity index (χ2v) is 3.71. The Hall–Kier alpha value is 0.0903. The Morgan fingerprint density at radius 1 is 1.67 bits per heavy atom. The molecule has 0 atom stereocenters. The number of carboxylic acid groups (broad SMARTS) is 1. The molecule has 0 saturated carbocycles. The van der Waals surface area contributed by atoms with Gasteiger partial charge in [0.15, 0.2) is 0 Å². The molecule has 0 saturated heterocycles. The Morgan fingerprint density at radius 3 is 1.67 bits per heavy atom. The van der Waals surface area contributed by atoms with Gasteiger partial charge in [-0.15, -0.1) is 0 Å². The first-order valence-corrected chi connectivity index (χ1v) is 4.58. The average molecular weight is 251 g/mol. The molecule has 0 fully saturated rings. The topological polar surface area (TPSA) is 71.4 Å². The summed E-state index contributed by atoms with van der Waals surface area (Å²) in [6, 6.07) is 0. The molecule has 7 heteroatoms. The van der Waals surface area contributed by atoms with Gasteiger partial charge >= 0.3 is 39.7 Å². The predicted octanol–water partition coefficient (Wildman–Crippen LogP) is -0.162. The second kappa shape index (κ2) is 4.92. The molecule has 0 aromatic carbocycles. The molecule has 9 heavy (non-hydrogen) atoms. The molecule has 0 aromatic heterocycles. The maximum absolute atomic E-state index is 10.6. The number of rotatable bonds is 0. The van der Waals surface area contributed by atoms with Gasteiger partial charge in [0.1, 0.15) is 0 Å². The van der Waals surface area contributed by atoms with Gasteiger partial charge in [-0.25, -0.2) is 0 Å². The van der Waals surface area contributed by atoms with Crippen molar-refractivity contribution in [2.45, 2.75) is 6.92 Å². The van der Waals surface area contributed by atoms with Gasteiger partial charge in [-0.1, -0.05) is 0 Å². The molecule has 60 valence electrons. The third-order valence-electron chi connectivity index (χ3n) is 0. The first-order valence-electron chi connectivity index (χ1n) is 1.54. The molecule has 0 rings (SSSR count). The van der Waals surface area contributed by atoms with E-state index in [1.54, 1.807) is 19.7 Å². The fraction of sp³-hybridized carbons (Fsp3) is 0.500. The molecule has 4 nitrogen and oxygen atoms in total. The van der Waals surface area contributed by atoms with E-state index < -0.39 is 13.7 Å². The first-order chi connectivity index (χ1) is 3.73. The Bertz CT molecular complexity index is 161. The first kappa shape index (κ1) is 11.8. The van der Waals surface area contributed by atoms with Gasteiger partial charge in [0.05, 0.1) is 0 Å². The Morgan fingerprint density at radius 2 is 1.67 bits per heavy atom. The summed E-state index contributed by atoms with van der Waals surface area (Å²) in [6.45, 7) is 1.08. The molecule has 0 aliphatic heterocycles. The van der Waals surface area contributed by atoms with Gasteiger partial charge in [-0.3, -0.25) is 4.79 Å². The maximum atomic E-state index is 10.6. The molecular formula is C2H4AgFO4S. The molecule has 0 amide bonds. The number of carbonyl (C=O) groups is 1. The van der Waals surface area contributed by atoms with Crippen LogP contribution in [-0.4, -0.2) is 19.5 Å². The van der Waals surface area contributed by atoms with Gasteiger partial charge in [-0.05, 0) is 0 Å². The number of carboxylic acids is 1. The SMILES string of the molecule is CC(=O)O.O=[S](=O)(F)[Ag]. The summed E-state index contributed by atoms with van der Waals surface area (Å²) in [5.74, 6) is -0.833. The van der Waals surface area contributed by atoms with E-state index in [2.05, 4.69) is 0 Å². The molecule has 0 radical (unpaired) electrons. The second-order valence-electron chi connectivity index (χ2n) is 0.860.